The second-order valence-corrected chi connectivity index (χ2v) is 3.61. The molecule has 0 aromatic carbocycles. The van der Waals surface area contributed by atoms with Crippen molar-refractivity contribution in [1.82, 2.24) is 15.5 Å². The third-order valence-electron chi connectivity index (χ3n) is 2.30. The molecule has 0 aliphatic carbocycles. The van der Waals surface area contributed by atoms with E-state index in [2.05, 4.69) is 20.0 Å². The van der Waals surface area contributed by atoms with E-state index in [1.165, 1.54) is 0 Å². The van der Waals surface area contributed by atoms with Gasteiger partial charge in [-0.15, -0.1) is 0 Å². The first-order chi connectivity index (χ1) is 8.32. The van der Waals surface area contributed by atoms with Gasteiger partial charge >= 0.3 is 18.0 Å². The molecule has 1 fully saturated rings. The minimum absolute atomic E-state index is 0.0799. The molecule has 2 rings (SSSR count). The Morgan fingerprint density at radius 3 is 2.50 bits per heavy atom. The van der Waals surface area contributed by atoms with Crippen LogP contribution in [0.3, 0.4) is 0 Å². The zero-order chi connectivity index (χ0) is 13.4. The maximum atomic E-state index is 12.9. The van der Waals surface area contributed by atoms with Crippen molar-refractivity contribution in [2.45, 2.75) is 18.1 Å². The lowest BCUT2D eigenvalue weighted by molar-refractivity contribution is -0.298. The molecule has 1 N–H and O–H groups in total. The van der Waals surface area contributed by atoms with Gasteiger partial charge in [0, 0.05) is 6.54 Å². The van der Waals surface area contributed by atoms with Gasteiger partial charge < -0.3 is 14.6 Å². The van der Waals surface area contributed by atoms with Crippen LogP contribution in [0.2, 0.25) is 0 Å². The van der Waals surface area contributed by atoms with Crippen LogP contribution in [0.1, 0.15) is 17.8 Å². The van der Waals surface area contributed by atoms with Crippen molar-refractivity contribution in [3.05, 3.63) is 11.7 Å². The van der Waals surface area contributed by atoms with Crippen molar-refractivity contribution in [3.8, 4) is 0 Å². The van der Waals surface area contributed by atoms with Gasteiger partial charge in [-0.2, -0.15) is 26.9 Å². The van der Waals surface area contributed by atoms with E-state index in [-0.39, 0.29) is 12.4 Å². The fourth-order valence-corrected chi connectivity index (χ4v) is 1.36. The molecule has 5 nitrogen and oxygen atoms in total. The standard InChI is InChI=1S/C8H8F5N3O2/c9-7(10,8(11,12)13)6-15-5(16-18-6)4-3-17-2-1-14-4/h4,14H,1-3H2. The molecule has 1 unspecified atom stereocenters. The summed E-state index contributed by atoms with van der Waals surface area (Å²) in [5.74, 6) is -7.21. The number of nitrogens with zero attached hydrogens (tertiary/aromatic N) is 2. The Morgan fingerprint density at radius 2 is 1.94 bits per heavy atom. The van der Waals surface area contributed by atoms with E-state index in [0.29, 0.717) is 13.2 Å². The Hall–Kier alpha value is -1.29. The van der Waals surface area contributed by atoms with E-state index in [4.69, 9.17) is 4.74 Å². The molecule has 2 heterocycles. The van der Waals surface area contributed by atoms with Crippen LogP contribution in [-0.2, 0) is 10.7 Å². The molecule has 0 saturated carbocycles. The number of rotatable bonds is 2. The Kier molecular flexibility index (Phi) is 3.23. The molecule has 0 amide bonds. The summed E-state index contributed by atoms with van der Waals surface area (Å²) in [5.41, 5.74) is 0. The molecule has 102 valence electrons. The fraction of sp³-hybridized carbons (Fsp3) is 0.750. The summed E-state index contributed by atoms with van der Waals surface area (Å²) >= 11 is 0. The Labute approximate surface area is 97.3 Å². The van der Waals surface area contributed by atoms with Crippen LogP contribution in [-0.4, -0.2) is 36.1 Å². The summed E-state index contributed by atoms with van der Waals surface area (Å²) in [6, 6.07) is -0.653. The molecule has 0 bridgehead atoms. The number of alkyl halides is 5. The highest BCUT2D eigenvalue weighted by atomic mass is 19.4. The van der Waals surface area contributed by atoms with Crippen LogP contribution in [0, 0.1) is 0 Å². The van der Waals surface area contributed by atoms with Crippen molar-refractivity contribution >= 4 is 0 Å². The summed E-state index contributed by atoms with van der Waals surface area (Å²) < 4.78 is 70.9. The number of hydrogen-bond acceptors (Lipinski definition) is 5. The molecule has 1 atom stereocenters. The van der Waals surface area contributed by atoms with Crippen molar-refractivity contribution in [2.24, 2.45) is 0 Å². The summed E-state index contributed by atoms with van der Waals surface area (Å²) in [7, 11) is 0. The zero-order valence-corrected chi connectivity index (χ0v) is 8.80. The molecule has 1 aliphatic heterocycles. The van der Waals surface area contributed by atoms with Crippen LogP contribution < -0.4 is 5.32 Å². The number of ether oxygens (including phenoxy) is 1. The van der Waals surface area contributed by atoms with Crippen molar-refractivity contribution < 1.29 is 31.2 Å². The SMILES string of the molecule is FC(F)(F)C(F)(F)c1nc(C2COCCN2)no1. The summed E-state index contributed by atoms with van der Waals surface area (Å²) in [4.78, 5) is 3.08. The van der Waals surface area contributed by atoms with Gasteiger partial charge in [0.25, 0.3) is 0 Å². The molecular weight excluding hydrogens is 265 g/mol. The van der Waals surface area contributed by atoms with Crippen molar-refractivity contribution in [2.75, 3.05) is 19.8 Å². The number of aromatic nitrogens is 2. The maximum absolute atomic E-state index is 12.9. The van der Waals surface area contributed by atoms with E-state index < -0.39 is 24.0 Å². The lowest BCUT2D eigenvalue weighted by atomic mass is 10.2. The monoisotopic (exact) mass is 273 g/mol. The van der Waals surface area contributed by atoms with E-state index in [9.17, 15) is 22.0 Å². The van der Waals surface area contributed by atoms with Crippen LogP contribution in [0.15, 0.2) is 4.52 Å². The van der Waals surface area contributed by atoms with Crippen LogP contribution in [0.25, 0.3) is 0 Å². The van der Waals surface area contributed by atoms with E-state index in [0.717, 1.165) is 0 Å². The average Bonchev–Trinajstić information content (AvgIpc) is 2.78. The molecule has 0 spiro atoms. The first-order valence-corrected chi connectivity index (χ1v) is 4.92. The van der Waals surface area contributed by atoms with E-state index in [1.54, 1.807) is 0 Å². The Balaban J connectivity index is 2.19. The predicted molar refractivity (Wildman–Crippen MR) is 45.8 cm³/mol. The quantitative estimate of drug-likeness (QED) is 0.825. The van der Waals surface area contributed by atoms with Gasteiger partial charge in [0.2, 0.25) is 0 Å². The van der Waals surface area contributed by atoms with E-state index in [1.807, 2.05) is 0 Å². The maximum Gasteiger partial charge on any atom is 0.463 e. The lowest BCUT2D eigenvalue weighted by Gasteiger charge is -2.20. The number of hydrogen-bond donors (Lipinski definition) is 1. The number of halogens is 5. The topological polar surface area (TPSA) is 60.2 Å². The van der Waals surface area contributed by atoms with Gasteiger partial charge in [0.15, 0.2) is 5.82 Å². The van der Waals surface area contributed by atoms with E-state index >= 15 is 0 Å². The Bertz CT molecular complexity index is 413. The van der Waals surface area contributed by atoms with Crippen LogP contribution >= 0.6 is 0 Å². The third-order valence-corrected chi connectivity index (χ3v) is 2.30. The van der Waals surface area contributed by atoms with Crippen molar-refractivity contribution in [3.63, 3.8) is 0 Å². The molecule has 1 aromatic heterocycles. The largest absolute Gasteiger partial charge is 0.463 e. The molecule has 18 heavy (non-hydrogen) atoms. The van der Waals surface area contributed by atoms with Crippen LogP contribution in [0.4, 0.5) is 22.0 Å². The highest BCUT2D eigenvalue weighted by molar-refractivity contribution is 5.01. The summed E-state index contributed by atoms with van der Waals surface area (Å²) in [6.45, 7) is 0.917. The fourth-order valence-electron chi connectivity index (χ4n) is 1.36. The first kappa shape index (κ1) is 13.1. The molecular formula is C8H8F5N3O2. The second kappa shape index (κ2) is 4.43. The molecule has 1 saturated heterocycles. The zero-order valence-electron chi connectivity index (χ0n) is 8.80. The highest BCUT2D eigenvalue weighted by Crippen LogP contribution is 2.43. The summed E-state index contributed by atoms with van der Waals surface area (Å²) in [5, 5.41) is 5.91. The third kappa shape index (κ3) is 2.29. The van der Waals surface area contributed by atoms with Gasteiger partial charge in [-0.1, -0.05) is 5.16 Å². The minimum atomic E-state index is -5.77. The van der Waals surface area contributed by atoms with Crippen molar-refractivity contribution in [1.29, 1.82) is 0 Å². The highest BCUT2D eigenvalue weighted by Gasteiger charge is 2.63. The normalized spacial score (nSPS) is 22.2. The minimum Gasteiger partial charge on any atom is -0.378 e. The van der Waals surface area contributed by atoms with Gasteiger partial charge in [0.05, 0.1) is 19.3 Å². The average molecular weight is 273 g/mol. The van der Waals surface area contributed by atoms with Crippen LogP contribution in [0.5, 0.6) is 0 Å². The summed E-state index contributed by atoms with van der Waals surface area (Å²) in [6.07, 6.45) is -5.77. The molecule has 10 heteroatoms. The Morgan fingerprint density at radius 1 is 1.22 bits per heavy atom. The second-order valence-electron chi connectivity index (χ2n) is 3.61. The van der Waals surface area contributed by atoms with Gasteiger partial charge in [-0.3, -0.25) is 0 Å². The lowest BCUT2D eigenvalue weighted by Crippen LogP contribution is -2.36. The molecule has 1 aromatic rings. The smallest absolute Gasteiger partial charge is 0.378 e. The van der Waals surface area contributed by atoms with Gasteiger partial charge in [-0.25, -0.2) is 0 Å². The molecule has 0 radical (unpaired) electrons. The molecule has 1 aliphatic rings. The number of morpholine rings is 1. The first-order valence-electron chi connectivity index (χ1n) is 4.92. The number of nitrogens with one attached hydrogen (secondary N) is 1. The van der Waals surface area contributed by atoms with Gasteiger partial charge in [-0.05, 0) is 0 Å². The van der Waals surface area contributed by atoms with Gasteiger partial charge in [0.1, 0.15) is 0 Å². The predicted octanol–water partition coefficient (Wildman–Crippen LogP) is 1.38.